The fourth-order valence-corrected chi connectivity index (χ4v) is 4.27. The molecule has 2 unspecified atom stereocenters. The average molecular weight is 459 g/mol. The molecule has 0 saturated carbocycles. The number of benzene rings is 1. The van der Waals surface area contributed by atoms with Crippen molar-refractivity contribution >= 4 is 23.2 Å². The maximum atomic E-state index is 4.99. The zero-order valence-corrected chi connectivity index (χ0v) is 21.2. The Hall–Kier alpha value is -3.25. The first-order valence-electron chi connectivity index (χ1n) is 12.0. The number of rotatable bonds is 9. The number of aromatic nitrogens is 2. The zero-order chi connectivity index (χ0) is 24.5. The van der Waals surface area contributed by atoms with Gasteiger partial charge >= 0.3 is 0 Å². The van der Waals surface area contributed by atoms with Crippen molar-refractivity contribution in [2.75, 3.05) is 46.1 Å². The van der Waals surface area contributed by atoms with Crippen LogP contribution in [-0.4, -0.2) is 61.9 Å². The molecule has 1 saturated heterocycles. The number of hydrogen-bond acceptors (Lipinski definition) is 6. The fourth-order valence-electron chi connectivity index (χ4n) is 4.27. The maximum Gasteiger partial charge on any atom is 0.161 e. The Morgan fingerprint density at radius 2 is 2.15 bits per heavy atom. The van der Waals surface area contributed by atoms with Crippen LogP contribution in [0, 0.1) is 11.8 Å². The summed E-state index contributed by atoms with van der Waals surface area (Å²) in [5, 5.41) is 7.14. The highest BCUT2D eigenvalue weighted by atomic mass is 15.0. The lowest BCUT2D eigenvalue weighted by molar-refractivity contribution is 0.286. The van der Waals surface area contributed by atoms with Gasteiger partial charge in [0, 0.05) is 63.0 Å². The van der Waals surface area contributed by atoms with E-state index in [9.17, 15) is 0 Å². The Morgan fingerprint density at radius 3 is 2.82 bits per heavy atom. The van der Waals surface area contributed by atoms with Crippen LogP contribution >= 0.6 is 0 Å². The SMILES string of the molecule is C=C/C(=C\N(C)C)c1cccc(-c2ncc(C(/C=N\C)=C/C)c(NCC3CCNCC3C)n2)c1. The summed E-state index contributed by atoms with van der Waals surface area (Å²) in [5.41, 5.74) is 5.08. The molecule has 180 valence electrons. The fraction of sp³-hybridized carbons (Fsp3) is 0.393. The first kappa shape index (κ1) is 25.4. The summed E-state index contributed by atoms with van der Waals surface area (Å²) in [6.45, 7) is 11.3. The predicted octanol–water partition coefficient (Wildman–Crippen LogP) is 4.99. The molecule has 1 aromatic heterocycles. The van der Waals surface area contributed by atoms with Crippen LogP contribution in [0.4, 0.5) is 5.82 Å². The second-order valence-corrected chi connectivity index (χ2v) is 9.03. The van der Waals surface area contributed by atoms with Crippen LogP contribution in [-0.2, 0) is 0 Å². The van der Waals surface area contributed by atoms with Crippen LogP contribution in [0.5, 0.6) is 0 Å². The molecule has 6 nitrogen and oxygen atoms in total. The Bertz CT molecular complexity index is 1070. The molecule has 0 amide bonds. The van der Waals surface area contributed by atoms with E-state index in [1.807, 2.05) is 56.5 Å². The monoisotopic (exact) mass is 458 g/mol. The molecule has 2 atom stereocenters. The molecule has 2 aromatic rings. The Kier molecular flexibility index (Phi) is 9.16. The lowest BCUT2D eigenvalue weighted by atomic mass is 9.88. The molecule has 1 fully saturated rings. The van der Waals surface area contributed by atoms with Gasteiger partial charge in [-0.3, -0.25) is 4.99 Å². The van der Waals surface area contributed by atoms with Gasteiger partial charge in [-0.1, -0.05) is 43.9 Å². The molecular weight excluding hydrogens is 420 g/mol. The minimum Gasteiger partial charge on any atom is -0.383 e. The Labute approximate surface area is 204 Å². The lowest BCUT2D eigenvalue weighted by Crippen LogP contribution is -2.38. The number of allylic oxidation sites excluding steroid dienone is 4. The molecule has 2 N–H and O–H groups in total. The summed E-state index contributed by atoms with van der Waals surface area (Å²) in [6.07, 6.45) is 10.9. The molecule has 0 spiro atoms. The van der Waals surface area contributed by atoms with Gasteiger partial charge in [0.15, 0.2) is 5.82 Å². The number of piperidine rings is 1. The van der Waals surface area contributed by atoms with E-state index in [1.165, 1.54) is 6.42 Å². The van der Waals surface area contributed by atoms with E-state index in [0.29, 0.717) is 17.7 Å². The van der Waals surface area contributed by atoms with Crippen molar-refractivity contribution in [3.63, 3.8) is 0 Å². The largest absolute Gasteiger partial charge is 0.383 e. The summed E-state index contributed by atoms with van der Waals surface area (Å²) < 4.78 is 0. The van der Waals surface area contributed by atoms with Crippen LogP contribution in [0.2, 0.25) is 0 Å². The van der Waals surface area contributed by atoms with E-state index < -0.39 is 0 Å². The van der Waals surface area contributed by atoms with Crippen LogP contribution < -0.4 is 10.6 Å². The van der Waals surface area contributed by atoms with E-state index in [4.69, 9.17) is 9.97 Å². The number of nitrogens with zero attached hydrogens (tertiary/aromatic N) is 4. The van der Waals surface area contributed by atoms with Crippen LogP contribution in [0.3, 0.4) is 0 Å². The van der Waals surface area contributed by atoms with Crippen molar-refractivity contribution in [1.29, 1.82) is 0 Å². The third-order valence-corrected chi connectivity index (χ3v) is 6.24. The van der Waals surface area contributed by atoms with Gasteiger partial charge in [-0.05, 0) is 55.5 Å². The van der Waals surface area contributed by atoms with Gasteiger partial charge in [0.05, 0.1) is 0 Å². The quantitative estimate of drug-likeness (QED) is 0.409. The highest BCUT2D eigenvalue weighted by molar-refractivity contribution is 6.11. The van der Waals surface area contributed by atoms with Crippen molar-refractivity contribution in [3.05, 3.63) is 66.5 Å². The van der Waals surface area contributed by atoms with Crippen LogP contribution in [0.15, 0.2) is 60.4 Å². The van der Waals surface area contributed by atoms with Gasteiger partial charge in [0.1, 0.15) is 5.82 Å². The second kappa shape index (κ2) is 12.3. The molecule has 6 heteroatoms. The van der Waals surface area contributed by atoms with Gasteiger partial charge in [-0.25, -0.2) is 9.97 Å². The van der Waals surface area contributed by atoms with Gasteiger partial charge < -0.3 is 15.5 Å². The highest BCUT2D eigenvalue weighted by Gasteiger charge is 2.22. The number of anilines is 1. The summed E-state index contributed by atoms with van der Waals surface area (Å²) in [7, 11) is 5.80. The van der Waals surface area contributed by atoms with Crippen molar-refractivity contribution < 1.29 is 0 Å². The topological polar surface area (TPSA) is 65.4 Å². The van der Waals surface area contributed by atoms with E-state index in [2.05, 4.69) is 53.5 Å². The molecule has 34 heavy (non-hydrogen) atoms. The number of aliphatic imine (C=N–C) groups is 1. The maximum absolute atomic E-state index is 4.99. The Balaban J connectivity index is 1.98. The van der Waals surface area contributed by atoms with E-state index in [-0.39, 0.29) is 0 Å². The Morgan fingerprint density at radius 1 is 1.32 bits per heavy atom. The first-order chi connectivity index (χ1) is 16.5. The molecule has 2 heterocycles. The predicted molar refractivity (Wildman–Crippen MR) is 146 cm³/mol. The summed E-state index contributed by atoms with van der Waals surface area (Å²) >= 11 is 0. The third kappa shape index (κ3) is 6.41. The summed E-state index contributed by atoms with van der Waals surface area (Å²) in [5.74, 6) is 2.78. The van der Waals surface area contributed by atoms with Crippen molar-refractivity contribution in [2.45, 2.75) is 20.3 Å². The molecule has 1 aromatic carbocycles. The molecule has 0 radical (unpaired) electrons. The number of nitrogens with one attached hydrogen (secondary N) is 2. The average Bonchev–Trinajstić information content (AvgIpc) is 2.85. The van der Waals surface area contributed by atoms with Gasteiger partial charge in [0.25, 0.3) is 0 Å². The van der Waals surface area contributed by atoms with E-state index in [1.54, 1.807) is 7.05 Å². The van der Waals surface area contributed by atoms with Gasteiger partial charge in [-0.15, -0.1) is 0 Å². The standard InChI is InChI=1S/C28H38N6/c1-7-21(16-29-4)26-18-32-27(33-28(26)31-17-25-12-13-30-15-20(25)3)24-11-9-10-23(14-24)22(8-2)19-34(5)6/h7-11,14,16,18-20,25,30H,2,12-13,15,17H2,1,3-6H3,(H,31,32,33)/b21-7+,22-19+,29-16-. The van der Waals surface area contributed by atoms with E-state index >= 15 is 0 Å². The normalized spacial score (nSPS) is 19.3. The lowest BCUT2D eigenvalue weighted by Gasteiger charge is -2.30. The smallest absolute Gasteiger partial charge is 0.161 e. The molecular formula is C28H38N6. The molecule has 1 aliphatic heterocycles. The zero-order valence-electron chi connectivity index (χ0n) is 21.2. The van der Waals surface area contributed by atoms with Gasteiger partial charge in [-0.2, -0.15) is 0 Å². The molecule has 0 bridgehead atoms. The van der Waals surface area contributed by atoms with Crippen molar-refractivity contribution in [3.8, 4) is 11.4 Å². The van der Waals surface area contributed by atoms with Crippen LogP contribution in [0.1, 0.15) is 31.4 Å². The molecule has 3 rings (SSSR count). The highest BCUT2D eigenvalue weighted by Crippen LogP contribution is 2.28. The molecule has 0 aliphatic carbocycles. The van der Waals surface area contributed by atoms with Crippen LogP contribution in [0.25, 0.3) is 22.5 Å². The summed E-state index contributed by atoms with van der Waals surface area (Å²) in [4.78, 5) is 16.0. The number of hydrogen-bond donors (Lipinski definition) is 2. The minimum absolute atomic E-state index is 0.607. The third-order valence-electron chi connectivity index (χ3n) is 6.24. The van der Waals surface area contributed by atoms with Gasteiger partial charge in [0.2, 0.25) is 0 Å². The first-order valence-corrected chi connectivity index (χ1v) is 12.0. The molecule has 1 aliphatic rings. The van der Waals surface area contributed by atoms with E-state index in [0.717, 1.165) is 53.3 Å². The van der Waals surface area contributed by atoms with Crippen molar-refractivity contribution in [1.82, 2.24) is 20.2 Å². The summed E-state index contributed by atoms with van der Waals surface area (Å²) in [6, 6.07) is 8.30. The second-order valence-electron chi connectivity index (χ2n) is 9.03. The van der Waals surface area contributed by atoms with Crippen molar-refractivity contribution in [2.24, 2.45) is 16.8 Å². The minimum atomic E-state index is 0.607.